The number of amides is 1. The third-order valence-corrected chi connectivity index (χ3v) is 4.53. The van der Waals surface area contributed by atoms with Gasteiger partial charge in [-0.2, -0.15) is 18.3 Å². The molecule has 1 aliphatic rings. The van der Waals surface area contributed by atoms with E-state index in [0.717, 1.165) is 30.5 Å². The van der Waals surface area contributed by atoms with Gasteiger partial charge >= 0.3 is 6.18 Å². The first kappa shape index (κ1) is 17.5. The summed E-state index contributed by atoms with van der Waals surface area (Å²) in [4.78, 5) is 15.5. The zero-order valence-electron chi connectivity index (χ0n) is 13.9. The van der Waals surface area contributed by atoms with Gasteiger partial charge in [-0.05, 0) is 19.1 Å². The van der Waals surface area contributed by atoms with Gasteiger partial charge in [0, 0.05) is 0 Å². The Hall–Kier alpha value is -2.35. The monoisotopic (exact) mass is 353 g/mol. The van der Waals surface area contributed by atoms with Crippen molar-refractivity contribution in [2.24, 2.45) is 0 Å². The number of hydrogen-bond donors (Lipinski definition) is 1. The highest BCUT2D eigenvalue weighted by atomic mass is 19.4. The van der Waals surface area contributed by atoms with Crippen molar-refractivity contribution in [3.63, 3.8) is 0 Å². The van der Waals surface area contributed by atoms with Gasteiger partial charge in [-0.15, -0.1) is 0 Å². The van der Waals surface area contributed by atoms with Gasteiger partial charge in [0.15, 0.2) is 5.69 Å². The van der Waals surface area contributed by atoms with E-state index in [2.05, 4.69) is 12.0 Å². The number of likely N-dealkylation sites (N-methyl/N-ethyl adjacent to an activating group) is 1. The molecular formula is C17H20F3N4O+. The molecule has 3 rings (SSSR count). The van der Waals surface area contributed by atoms with Crippen molar-refractivity contribution in [3.8, 4) is 5.69 Å². The van der Waals surface area contributed by atoms with Crippen LogP contribution < -0.4 is 4.90 Å². The minimum atomic E-state index is -4.67. The lowest BCUT2D eigenvalue weighted by Crippen LogP contribution is -3.14. The fourth-order valence-electron chi connectivity index (χ4n) is 3.09. The van der Waals surface area contributed by atoms with E-state index in [0.29, 0.717) is 13.1 Å². The molecule has 25 heavy (non-hydrogen) atoms. The average Bonchev–Trinajstić information content (AvgIpc) is 3.07. The topological polar surface area (TPSA) is 42.6 Å². The Bertz CT molecular complexity index is 734. The average molecular weight is 353 g/mol. The standard InChI is InChI=1S/C17H19F3N4O/c1-2-22-8-10-23(11-9-22)16(25)14-12-21-24(15(14)17(18,19)20)13-6-4-3-5-7-13/h3-7,12H,2,8-11H2,1H3/p+1. The molecule has 1 N–H and O–H groups in total. The number of rotatable bonds is 3. The number of carbonyl (C=O) groups is 1. The van der Waals surface area contributed by atoms with Gasteiger partial charge in [0.05, 0.1) is 50.2 Å². The van der Waals surface area contributed by atoms with E-state index >= 15 is 0 Å². The Balaban J connectivity index is 1.94. The van der Waals surface area contributed by atoms with Gasteiger partial charge in [-0.3, -0.25) is 4.79 Å². The number of benzene rings is 1. The second-order valence-electron chi connectivity index (χ2n) is 6.05. The van der Waals surface area contributed by atoms with Crippen LogP contribution in [0.15, 0.2) is 36.5 Å². The number of halogens is 3. The summed E-state index contributed by atoms with van der Waals surface area (Å²) in [7, 11) is 0. The van der Waals surface area contributed by atoms with Crippen molar-refractivity contribution in [1.82, 2.24) is 14.7 Å². The second-order valence-corrected chi connectivity index (χ2v) is 6.05. The quantitative estimate of drug-likeness (QED) is 0.903. The van der Waals surface area contributed by atoms with Gasteiger partial charge in [0.25, 0.3) is 5.91 Å². The highest BCUT2D eigenvalue weighted by molar-refractivity contribution is 5.95. The number of nitrogens with zero attached hydrogens (tertiary/aromatic N) is 3. The van der Waals surface area contributed by atoms with Crippen molar-refractivity contribution in [2.75, 3.05) is 32.7 Å². The van der Waals surface area contributed by atoms with Crippen LogP contribution in [-0.4, -0.2) is 53.3 Å². The van der Waals surface area contributed by atoms with Gasteiger partial charge in [-0.1, -0.05) is 18.2 Å². The van der Waals surface area contributed by atoms with Gasteiger partial charge < -0.3 is 9.80 Å². The van der Waals surface area contributed by atoms with E-state index in [1.54, 1.807) is 18.2 Å². The van der Waals surface area contributed by atoms with Crippen LogP contribution in [0.3, 0.4) is 0 Å². The van der Waals surface area contributed by atoms with E-state index in [9.17, 15) is 18.0 Å². The maximum atomic E-state index is 13.6. The first-order valence-corrected chi connectivity index (χ1v) is 8.25. The summed E-state index contributed by atoms with van der Waals surface area (Å²) in [5, 5.41) is 3.84. The maximum Gasteiger partial charge on any atom is 0.434 e. The van der Waals surface area contributed by atoms with Crippen LogP contribution in [0.2, 0.25) is 0 Å². The zero-order valence-corrected chi connectivity index (χ0v) is 13.9. The summed E-state index contributed by atoms with van der Waals surface area (Å²) in [5.41, 5.74) is -1.14. The lowest BCUT2D eigenvalue weighted by atomic mass is 10.2. The smallest absolute Gasteiger partial charge is 0.332 e. The Labute approximate surface area is 143 Å². The highest BCUT2D eigenvalue weighted by Gasteiger charge is 2.41. The van der Waals surface area contributed by atoms with Crippen LogP contribution >= 0.6 is 0 Å². The third-order valence-electron chi connectivity index (χ3n) is 4.53. The van der Waals surface area contributed by atoms with Crippen LogP contribution in [0.1, 0.15) is 23.0 Å². The third kappa shape index (κ3) is 3.53. The number of alkyl halides is 3. The molecule has 0 unspecified atom stereocenters. The molecule has 0 bridgehead atoms. The van der Waals surface area contributed by atoms with Gasteiger partial charge in [0.1, 0.15) is 0 Å². The van der Waals surface area contributed by atoms with Crippen LogP contribution in [0.5, 0.6) is 0 Å². The van der Waals surface area contributed by atoms with E-state index in [1.165, 1.54) is 21.9 Å². The second kappa shape index (κ2) is 6.87. The molecule has 134 valence electrons. The molecule has 5 nitrogen and oxygen atoms in total. The molecule has 1 amide bonds. The number of piperazine rings is 1. The van der Waals surface area contributed by atoms with Crippen molar-refractivity contribution in [2.45, 2.75) is 13.1 Å². The van der Waals surface area contributed by atoms with E-state index < -0.39 is 23.3 Å². The maximum absolute atomic E-state index is 13.6. The fourth-order valence-corrected chi connectivity index (χ4v) is 3.09. The minimum Gasteiger partial charge on any atom is -0.332 e. The van der Waals surface area contributed by atoms with Crippen LogP contribution in [-0.2, 0) is 6.18 Å². The van der Waals surface area contributed by atoms with Crippen LogP contribution in [0, 0.1) is 0 Å². The Morgan fingerprint density at radius 1 is 1.20 bits per heavy atom. The Morgan fingerprint density at radius 3 is 2.40 bits per heavy atom. The number of para-hydroxylation sites is 1. The molecule has 0 saturated carbocycles. The molecule has 2 heterocycles. The Kier molecular flexibility index (Phi) is 4.80. The van der Waals surface area contributed by atoms with Crippen molar-refractivity contribution in [3.05, 3.63) is 47.8 Å². The molecule has 0 aliphatic carbocycles. The largest absolute Gasteiger partial charge is 0.434 e. The molecule has 1 aliphatic heterocycles. The van der Waals surface area contributed by atoms with Crippen LogP contribution in [0.4, 0.5) is 13.2 Å². The van der Waals surface area contributed by atoms with Gasteiger partial charge in [-0.25, -0.2) is 4.68 Å². The molecule has 1 aromatic heterocycles. The van der Waals surface area contributed by atoms with Crippen molar-refractivity contribution >= 4 is 5.91 Å². The molecule has 1 aromatic carbocycles. The summed E-state index contributed by atoms with van der Waals surface area (Å²) in [5.74, 6) is -0.607. The molecule has 8 heteroatoms. The van der Waals surface area contributed by atoms with E-state index in [4.69, 9.17) is 0 Å². The summed E-state index contributed by atoms with van der Waals surface area (Å²) >= 11 is 0. The summed E-state index contributed by atoms with van der Waals surface area (Å²) < 4.78 is 41.7. The molecule has 1 fully saturated rings. The lowest BCUT2D eigenvalue weighted by Gasteiger charge is -2.31. The molecule has 1 saturated heterocycles. The number of aromatic nitrogens is 2. The number of nitrogens with one attached hydrogen (secondary N) is 1. The SMILES string of the molecule is CC[NH+]1CCN(C(=O)c2cnn(-c3ccccc3)c2C(F)(F)F)CC1. The minimum absolute atomic E-state index is 0.272. The van der Waals surface area contributed by atoms with E-state index in [-0.39, 0.29) is 5.69 Å². The van der Waals surface area contributed by atoms with Gasteiger partial charge in [0.2, 0.25) is 0 Å². The first-order valence-electron chi connectivity index (χ1n) is 8.25. The summed E-state index contributed by atoms with van der Waals surface area (Å²) in [6.45, 7) is 5.40. The zero-order chi connectivity index (χ0) is 18.0. The molecule has 0 spiro atoms. The van der Waals surface area contributed by atoms with Crippen molar-refractivity contribution < 1.29 is 22.9 Å². The number of hydrogen-bond acceptors (Lipinski definition) is 2. The predicted molar refractivity (Wildman–Crippen MR) is 85.7 cm³/mol. The summed E-state index contributed by atoms with van der Waals surface area (Å²) in [6, 6.07) is 8.03. The normalized spacial score (nSPS) is 16.2. The van der Waals surface area contributed by atoms with E-state index in [1.807, 2.05) is 0 Å². The van der Waals surface area contributed by atoms with Crippen LogP contribution in [0.25, 0.3) is 5.69 Å². The lowest BCUT2D eigenvalue weighted by molar-refractivity contribution is -0.902. The predicted octanol–water partition coefficient (Wildman–Crippen LogP) is 1.25. The molecule has 2 aromatic rings. The Morgan fingerprint density at radius 2 is 1.84 bits per heavy atom. The molecule has 0 radical (unpaired) electrons. The van der Waals surface area contributed by atoms with Crippen molar-refractivity contribution in [1.29, 1.82) is 0 Å². The number of carbonyl (C=O) groups excluding carboxylic acids is 1. The first-order chi connectivity index (χ1) is 11.9. The molecular weight excluding hydrogens is 333 g/mol. The number of quaternary nitrogens is 1. The molecule has 0 atom stereocenters. The fraction of sp³-hybridized carbons (Fsp3) is 0.412. The summed E-state index contributed by atoms with van der Waals surface area (Å²) in [6.07, 6.45) is -3.65. The highest BCUT2D eigenvalue weighted by Crippen LogP contribution is 2.34.